The minimum atomic E-state index is -2.79. The normalized spacial score (nSPS) is 16.2. The highest BCUT2D eigenvalue weighted by Gasteiger charge is 2.18. The second kappa shape index (κ2) is 3.52. The average molecular weight is 231 g/mol. The van der Waals surface area contributed by atoms with Crippen molar-refractivity contribution in [3.05, 3.63) is 24.3 Å². The summed E-state index contributed by atoms with van der Waals surface area (Å²) in [6.07, 6.45) is 1.35. The largest absolute Gasteiger partial charge is 0.319 e. The number of hydrogen-bond donors (Lipinski definition) is 1. The van der Waals surface area contributed by atoms with E-state index in [0.29, 0.717) is 10.2 Å². The van der Waals surface area contributed by atoms with Crippen molar-refractivity contribution in [1.82, 2.24) is 0 Å². The molecule has 3 nitrogen and oxygen atoms in total. The van der Waals surface area contributed by atoms with Crippen LogP contribution in [0.4, 0.5) is 0 Å². The van der Waals surface area contributed by atoms with Gasteiger partial charge < -0.3 is 4.57 Å². The Morgan fingerprint density at radius 1 is 1.29 bits per heavy atom. The molecule has 0 aliphatic carbocycles. The zero-order valence-corrected chi connectivity index (χ0v) is 10.2. The van der Waals surface area contributed by atoms with Gasteiger partial charge in [0, 0.05) is 11.6 Å². The molecule has 0 heterocycles. The highest BCUT2D eigenvalue weighted by atomic mass is 32.2. The molecule has 0 saturated heterocycles. The predicted octanol–water partition coefficient (Wildman–Crippen LogP) is 1.97. The second-order valence-corrected chi connectivity index (χ2v) is 8.97. The van der Waals surface area contributed by atoms with Crippen molar-refractivity contribution in [2.75, 3.05) is 19.6 Å². The molecule has 1 unspecified atom stereocenters. The third-order valence-corrected chi connectivity index (χ3v) is 4.76. The maximum Gasteiger partial charge on any atom is 0.111 e. The zero-order chi connectivity index (χ0) is 11.0. The molecule has 5 heteroatoms. The Labute approximate surface area is 84.9 Å². The van der Waals surface area contributed by atoms with Gasteiger partial charge in [-0.05, 0) is 19.4 Å². The molecule has 1 atom stereocenters. The number of benzene rings is 1. The lowest BCUT2D eigenvalue weighted by Gasteiger charge is -2.12. The van der Waals surface area contributed by atoms with Crippen molar-refractivity contribution < 1.29 is 8.77 Å². The van der Waals surface area contributed by atoms with Crippen LogP contribution < -0.4 is 5.30 Å². The van der Waals surface area contributed by atoms with Crippen LogP contribution in [0.3, 0.4) is 0 Å². The van der Waals surface area contributed by atoms with Gasteiger partial charge in [-0.15, -0.1) is 0 Å². The van der Waals surface area contributed by atoms with Crippen LogP contribution in [-0.2, 0) is 14.3 Å². The van der Waals surface area contributed by atoms with Crippen molar-refractivity contribution >= 4 is 22.2 Å². The summed E-state index contributed by atoms with van der Waals surface area (Å²) in [5.41, 5.74) is 0. The number of rotatable bonds is 2. The summed E-state index contributed by atoms with van der Waals surface area (Å²) < 4.78 is 31.0. The Morgan fingerprint density at radius 2 is 1.79 bits per heavy atom. The van der Waals surface area contributed by atoms with E-state index >= 15 is 0 Å². The molecule has 0 radical (unpaired) electrons. The Kier molecular flexibility index (Phi) is 2.88. The molecule has 0 fully saturated rings. The van der Waals surface area contributed by atoms with E-state index in [-0.39, 0.29) is 0 Å². The fourth-order valence-corrected chi connectivity index (χ4v) is 4.27. The van der Waals surface area contributed by atoms with E-state index in [0.717, 1.165) is 0 Å². The van der Waals surface area contributed by atoms with Crippen molar-refractivity contribution in [3.8, 4) is 0 Å². The highest BCUT2D eigenvalue weighted by molar-refractivity contribution is 7.92. The van der Waals surface area contributed by atoms with Gasteiger partial charge in [0.2, 0.25) is 0 Å². The van der Waals surface area contributed by atoms with Gasteiger partial charge in [-0.25, -0.2) is 8.99 Å². The van der Waals surface area contributed by atoms with Crippen LogP contribution in [0, 0.1) is 4.78 Å². The fourth-order valence-electron chi connectivity index (χ4n) is 1.23. The van der Waals surface area contributed by atoms with Gasteiger partial charge in [-0.3, -0.25) is 0 Å². The van der Waals surface area contributed by atoms with Crippen molar-refractivity contribution in [2.24, 2.45) is 0 Å². The molecule has 1 rings (SSSR count). The van der Waals surface area contributed by atoms with Crippen LogP contribution in [0.1, 0.15) is 0 Å². The summed E-state index contributed by atoms with van der Waals surface area (Å²) in [6.45, 7) is 3.24. The Morgan fingerprint density at radius 3 is 2.14 bits per heavy atom. The Bertz CT molecular complexity index is 487. The first-order valence-electron chi connectivity index (χ1n) is 4.11. The molecule has 1 aromatic carbocycles. The lowest BCUT2D eigenvalue weighted by Crippen LogP contribution is -2.13. The summed E-state index contributed by atoms with van der Waals surface area (Å²) >= 11 is 0. The van der Waals surface area contributed by atoms with Crippen LogP contribution in [0.5, 0.6) is 0 Å². The van der Waals surface area contributed by atoms with E-state index in [1.807, 2.05) is 0 Å². The van der Waals surface area contributed by atoms with Crippen molar-refractivity contribution in [2.45, 2.75) is 4.90 Å². The molecular formula is C9H14NO2PS. The minimum absolute atomic E-state index is 0.397. The van der Waals surface area contributed by atoms with Crippen molar-refractivity contribution in [1.29, 1.82) is 4.78 Å². The zero-order valence-electron chi connectivity index (χ0n) is 8.48. The summed E-state index contributed by atoms with van der Waals surface area (Å²) in [4.78, 5) is 0.397. The standard InChI is InChI=1S/C9H14NO2PS/c1-13(2,11)8-6-4-5-7-9(8)14(3,10)12/h4-7,10H,1-3H3. The molecule has 1 aromatic rings. The predicted molar refractivity (Wildman–Crippen MR) is 60.6 cm³/mol. The third kappa shape index (κ3) is 2.46. The summed E-state index contributed by atoms with van der Waals surface area (Å²) in [5, 5.41) is 0.558. The summed E-state index contributed by atoms with van der Waals surface area (Å²) in [5.74, 6) is 0. The van der Waals surface area contributed by atoms with Gasteiger partial charge in [0.1, 0.15) is 7.14 Å². The molecular weight excluding hydrogens is 217 g/mol. The van der Waals surface area contributed by atoms with E-state index in [2.05, 4.69) is 0 Å². The van der Waals surface area contributed by atoms with Crippen molar-refractivity contribution in [3.63, 3.8) is 0 Å². The number of nitrogens with one attached hydrogen (secondary N) is 1. The number of hydrogen-bond acceptors (Lipinski definition) is 3. The molecule has 0 aliphatic heterocycles. The van der Waals surface area contributed by atoms with Crippen LogP contribution in [-0.4, -0.2) is 23.8 Å². The summed E-state index contributed by atoms with van der Waals surface area (Å²) in [6, 6.07) is 6.77. The van der Waals surface area contributed by atoms with E-state index < -0.39 is 16.9 Å². The molecule has 0 amide bonds. The lowest BCUT2D eigenvalue weighted by molar-refractivity contribution is 0.588. The smallest absolute Gasteiger partial charge is 0.111 e. The maximum atomic E-state index is 11.9. The first-order valence-corrected chi connectivity index (χ1v) is 8.68. The highest BCUT2D eigenvalue weighted by Crippen LogP contribution is 2.36. The Hall–Kier alpha value is -0.600. The fraction of sp³-hybridized carbons (Fsp3) is 0.333. The van der Waals surface area contributed by atoms with Crippen LogP contribution in [0.15, 0.2) is 29.2 Å². The van der Waals surface area contributed by atoms with E-state index in [1.54, 1.807) is 37.6 Å². The monoisotopic (exact) mass is 231 g/mol. The van der Waals surface area contributed by atoms with E-state index in [9.17, 15) is 8.77 Å². The third-order valence-electron chi connectivity index (χ3n) is 1.87. The molecule has 0 bridgehead atoms. The molecule has 0 spiro atoms. The molecule has 1 N–H and O–H groups in total. The lowest BCUT2D eigenvalue weighted by atomic mass is 10.4. The van der Waals surface area contributed by atoms with Crippen LogP contribution in [0.25, 0.3) is 0 Å². The molecule has 0 saturated carbocycles. The first-order chi connectivity index (χ1) is 6.23. The average Bonchev–Trinajstić information content (AvgIpc) is 2.01. The first kappa shape index (κ1) is 11.5. The van der Waals surface area contributed by atoms with E-state index in [4.69, 9.17) is 4.78 Å². The quantitative estimate of drug-likeness (QED) is 0.791. The van der Waals surface area contributed by atoms with Gasteiger partial charge in [-0.2, -0.15) is 0 Å². The van der Waals surface area contributed by atoms with Gasteiger partial charge in [0.05, 0.1) is 14.6 Å². The molecule has 0 aromatic heterocycles. The van der Waals surface area contributed by atoms with Gasteiger partial charge in [0.25, 0.3) is 0 Å². The van der Waals surface area contributed by atoms with Gasteiger partial charge in [0.15, 0.2) is 0 Å². The minimum Gasteiger partial charge on any atom is -0.319 e. The molecule has 14 heavy (non-hydrogen) atoms. The topological polar surface area (TPSA) is 58.0 Å². The SMILES string of the molecule is CP(C)(=O)c1ccccc1S(C)(=N)=O. The second-order valence-electron chi connectivity index (χ2n) is 3.66. The molecule has 0 aliphatic rings. The van der Waals surface area contributed by atoms with Crippen LogP contribution in [0.2, 0.25) is 0 Å². The maximum absolute atomic E-state index is 11.9. The molecule has 78 valence electrons. The van der Waals surface area contributed by atoms with Gasteiger partial charge in [-0.1, -0.05) is 18.2 Å². The van der Waals surface area contributed by atoms with Crippen LogP contribution >= 0.6 is 7.14 Å². The Balaban J connectivity index is 3.55. The summed E-state index contributed by atoms with van der Waals surface area (Å²) in [7, 11) is -5.24. The van der Waals surface area contributed by atoms with E-state index in [1.165, 1.54) is 6.26 Å². The van der Waals surface area contributed by atoms with Gasteiger partial charge >= 0.3 is 0 Å².